The minimum atomic E-state index is 0.646. The zero-order valence-electron chi connectivity index (χ0n) is 8.28. The van der Waals surface area contributed by atoms with E-state index in [0.717, 1.165) is 21.9 Å². The molecule has 0 radical (unpaired) electrons. The Balaban J connectivity index is 2.48. The highest BCUT2D eigenvalue weighted by atomic mass is 79.9. The van der Waals surface area contributed by atoms with Crippen molar-refractivity contribution in [2.45, 2.75) is 0 Å². The zero-order valence-corrected chi connectivity index (χ0v) is 10.6. The average Bonchev–Trinajstić information content (AvgIpc) is 2.31. The van der Waals surface area contributed by atoms with Crippen molar-refractivity contribution in [3.63, 3.8) is 0 Å². The first-order valence-electron chi connectivity index (χ1n) is 4.71. The summed E-state index contributed by atoms with van der Waals surface area (Å²) < 4.78 is 0.806. The van der Waals surface area contributed by atoms with Crippen LogP contribution < -0.4 is 0 Å². The van der Waals surface area contributed by atoms with Crippen molar-refractivity contribution in [1.29, 1.82) is 0 Å². The van der Waals surface area contributed by atoms with E-state index in [1.165, 1.54) is 0 Å². The molecule has 80 valence electrons. The number of rotatable bonds is 2. The van der Waals surface area contributed by atoms with E-state index >= 15 is 0 Å². The van der Waals surface area contributed by atoms with Gasteiger partial charge in [-0.05, 0) is 35.4 Å². The lowest BCUT2D eigenvalue weighted by Gasteiger charge is -2.04. The molecule has 0 spiro atoms. The maximum atomic E-state index is 10.8. The van der Waals surface area contributed by atoms with Crippen LogP contribution in [0.1, 0.15) is 10.4 Å². The third-order valence-electron chi connectivity index (χ3n) is 2.30. The standard InChI is InChI=1S/C13H8BrClO/c14-13-6-3-10(7-11(13)8-16)9-1-4-12(15)5-2-9/h1-8H. The van der Waals surface area contributed by atoms with Crippen LogP contribution >= 0.6 is 27.5 Å². The number of benzene rings is 2. The number of halogens is 2. The first kappa shape index (κ1) is 11.4. The predicted octanol–water partition coefficient (Wildman–Crippen LogP) is 4.58. The lowest BCUT2D eigenvalue weighted by Crippen LogP contribution is -1.84. The zero-order chi connectivity index (χ0) is 11.5. The fourth-order valence-electron chi connectivity index (χ4n) is 1.46. The molecular formula is C13H8BrClO. The summed E-state index contributed by atoms with van der Waals surface area (Å²) >= 11 is 9.14. The molecule has 0 amide bonds. The van der Waals surface area contributed by atoms with E-state index in [1.54, 1.807) is 0 Å². The lowest BCUT2D eigenvalue weighted by atomic mass is 10.0. The smallest absolute Gasteiger partial charge is 0.151 e. The summed E-state index contributed by atoms with van der Waals surface area (Å²) in [5.74, 6) is 0. The SMILES string of the molecule is O=Cc1cc(-c2ccc(Cl)cc2)ccc1Br. The number of hydrogen-bond acceptors (Lipinski definition) is 1. The van der Waals surface area contributed by atoms with Gasteiger partial charge in [-0.25, -0.2) is 0 Å². The quantitative estimate of drug-likeness (QED) is 0.741. The van der Waals surface area contributed by atoms with E-state index in [1.807, 2.05) is 42.5 Å². The van der Waals surface area contributed by atoms with Gasteiger partial charge in [0.05, 0.1) is 0 Å². The fraction of sp³-hybridized carbons (Fsp3) is 0. The molecule has 0 aliphatic rings. The van der Waals surface area contributed by atoms with Crippen molar-refractivity contribution in [1.82, 2.24) is 0 Å². The van der Waals surface area contributed by atoms with Gasteiger partial charge in [0.1, 0.15) is 0 Å². The molecule has 16 heavy (non-hydrogen) atoms. The van der Waals surface area contributed by atoms with Gasteiger partial charge in [0.25, 0.3) is 0 Å². The van der Waals surface area contributed by atoms with Gasteiger partial charge in [0.15, 0.2) is 6.29 Å². The van der Waals surface area contributed by atoms with E-state index < -0.39 is 0 Å². The van der Waals surface area contributed by atoms with Crippen LogP contribution in [0.2, 0.25) is 5.02 Å². The van der Waals surface area contributed by atoms with Crippen LogP contribution in [0.5, 0.6) is 0 Å². The Morgan fingerprint density at radius 2 is 1.62 bits per heavy atom. The topological polar surface area (TPSA) is 17.1 Å². The summed E-state index contributed by atoms with van der Waals surface area (Å²) in [5.41, 5.74) is 2.69. The van der Waals surface area contributed by atoms with Crippen LogP contribution in [-0.4, -0.2) is 6.29 Å². The van der Waals surface area contributed by atoms with Gasteiger partial charge in [0.2, 0.25) is 0 Å². The second kappa shape index (κ2) is 4.81. The molecular weight excluding hydrogens is 287 g/mol. The monoisotopic (exact) mass is 294 g/mol. The molecule has 3 heteroatoms. The first-order valence-corrected chi connectivity index (χ1v) is 5.88. The molecule has 0 fully saturated rings. The van der Waals surface area contributed by atoms with Crippen LogP contribution in [-0.2, 0) is 0 Å². The summed E-state index contributed by atoms with van der Waals surface area (Å²) in [6, 6.07) is 13.2. The van der Waals surface area contributed by atoms with Gasteiger partial charge in [-0.3, -0.25) is 4.79 Å². The minimum Gasteiger partial charge on any atom is -0.298 e. The van der Waals surface area contributed by atoms with Gasteiger partial charge < -0.3 is 0 Å². The third kappa shape index (κ3) is 2.34. The van der Waals surface area contributed by atoms with Gasteiger partial charge in [-0.15, -0.1) is 0 Å². The third-order valence-corrected chi connectivity index (χ3v) is 3.27. The normalized spacial score (nSPS) is 10.1. The van der Waals surface area contributed by atoms with Crippen molar-refractivity contribution in [3.8, 4) is 11.1 Å². The van der Waals surface area contributed by atoms with Crippen LogP contribution in [0.15, 0.2) is 46.9 Å². The van der Waals surface area contributed by atoms with Gasteiger partial charge in [-0.2, -0.15) is 0 Å². The number of carbonyl (C=O) groups excluding carboxylic acids is 1. The largest absolute Gasteiger partial charge is 0.298 e. The average molecular weight is 296 g/mol. The second-order valence-corrected chi connectivity index (χ2v) is 4.65. The fourth-order valence-corrected chi connectivity index (χ4v) is 1.92. The van der Waals surface area contributed by atoms with Gasteiger partial charge >= 0.3 is 0 Å². The van der Waals surface area contributed by atoms with Crippen molar-refractivity contribution in [2.24, 2.45) is 0 Å². The van der Waals surface area contributed by atoms with Crippen LogP contribution in [0.25, 0.3) is 11.1 Å². The Morgan fingerprint density at radius 1 is 1.00 bits per heavy atom. The van der Waals surface area contributed by atoms with Crippen molar-refractivity contribution in [3.05, 3.63) is 57.5 Å². The highest BCUT2D eigenvalue weighted by Gasteiger charge is 2.02. The molecule has 0 saturated carbocycles. The highest BCUT2D eigenvalue weighted by molar-refractivity contribution is 9.10. The molecule has 0 bridgehead atoms. The van der Waals surface area contributed by atoms with E-state index in [4.69, 9.17) is 11.6 Å². The van der Waals surface area contributed by atoms with E-state index in [9.17, 15) is 4.79 Å². The molecule has 0 saturated heterocycles. The molecule has 0 atom stereocenters. The Labute approximate surface area is 107 Å². The summed E-state index contributed by atoms with van der Waals surface area (Å²) in [7, 11) is 0. The maximum Gasteiger partial charge on any atom is 0.151 e. The molecule has 0 aliphatic carbocycles. The van der Waals surface area contributed by atoms with Gasteiger partial charge in [-0.1, -0.05) is 45.7 Å². The second-order valence-electron chi connectivity index (χ2n) is 3.36. The highest BCUT2D eigenvalue weighted by Crippen LogP contribution is 2.25. The molecule has 0 unspecified atom stereocenters. The van der Waals surface area contributed by atoms with E-state index in [2.05, 4.69) is 15.9 Å². The van der Waals surface area contributed by atoms with E-state index in [0.29, 0.717) is 10.6 Å². The van der Waals surface area contributed by atoms with Crippen LogP contribution in [0.3, 0.4) is 0 Å². The Morgan fingerprint density at radius 3 is 2.25 bits per heavy atom. The molecule has 0 heterocycles. The molecule has 2 aromatic carbocycles. The molecule has 0 aromatic heterocycles. The first-order chi connectivity index (χ1) is 7.70. The van der Waals surface area contributed by atoms with Crippen LogP contribution in [0, 0.1) is 0 Å². The van der Waals surface area contributed by atoms with Crippen molar-refractivity contribution in [2.75, 3.05) is 0 Å². The minimum absolute atomic E-state index is 0.646. The summed E-state index contributed by atoms with van der Waals surface area (Å²) in [6.07, 6.45) is 0.837. The van der Waals surface area contributed by atoms with Gasteiger partial charge in [0, 0.05) is 15.1 Å². The summed E-state index contributed by atoms with van der Waals surface area (Å²) in [6.45, 7) is 0. The maximum absolute atomic E-state index is 10.8. The molecule has 0 aliphatic heterocycles. The van der Waals surface area contributed by atoms with E-state index in [-0.39, 0.29) is 0 Å². The Hall–Kier alpha value is -1.12. The Bertz CT molecular complexity index is 520. The van der Waals surface area contributed by atoms with Crippen molar-refractivity contribution < 1.29 is 4.79 Å². The molecule has 2 rings (SSSR count). The lowest BCUT2D eigenvalue weighted by molar-refractivity contribution is 0.112. The Kier molecular flexibility index (Phi) is 3.42. The number of carbonyl (C=O) groups is 1. The number of hydrogen-bond donors (Lipinski definition) is 0. The molecule has 0 N–H and O–H groups in total. The summed E-state index contributed by atoms with van der Waals surface area (Å²) in [5, 5.41) is 0.705. The molecule has 1 nitrogen and oxygen atoms in total. The summed E-state index contributed by atoms with van der Waals surface area (Å²) in [4.78, 5) is 10.8. The molecule has 2 aromatic rings. The predicted molar refractivity (Wildman–Crippen MR) is 70.0 cm³/mol. The van der Waals surface area contributed by atoms with Crippen LogP contribution in [0.4, 0.5) is 0 Å². The van der Waals surface area contributed by atoms with Crippen molar-refractivity contribution >= 4 is 33.8 Å². The number of aldehydes is 1.